The van der Waals surface area contributed by atoms with Crippen molar-refractivity contribution in [3.05, 3.63) is 18.0 Å². The van der Waals surface area contributed by atoms with Gasteiger partial charge in [-0.05, 0) is 24.9 Å². The smallest absolute Gasteiger partial charge is 0.257 e. The van der Waals surface area contributed by atoms with E-state index in [0.717, 1.165) is 18.7 Å². The van der Waals surface area contributed by atoms with E-state index in [4.69, 9.17) is 0 Å². The first kappa shape index (κ1) is 13.1. The fourth-order valence-electron chi connectivity index (χ4n) is 1.35. The summed E-state index contributed by atoms with van der Waals surface area (Å²) in [7, 11) is 0. The average Bonchev–Trinajstić information content (AvgIpc) is 2.59. The van der Waals surface area contributed by atoms with Crippen molar-refractivity contribution in [1.82, 2.24) is 15.1 Å². The van der Waals surface area contributed by atoms with E-state index in [1.165, 1.54) is 4.68 Å². The molecule has 0 atom stereocenters. The number of hydrogen-bond acceptors (Lipinski definition) is 2. The van der Waals surface area contributed by atoms with Crippen LogP contribution in [0.3, 0.4) is 0 Å². The van der Waals surface area contributed by atoms with Crippen LogP contribution in [0, 0.1) is 5.92 Å². The van der Waals surface area contributed by atoms with Gasteiger partial charge in [-0.1, -0.05) is 13.8 Å². The molecule has 0 amide bonds. The van der Waals surface area contributed by atoms with Crippen LogP contribution in [0.15, 0.2) is 12.3 Å². The SMILES string of the molecule is CC(C)CCNCc1ccn(CC(F)F)n1. The van der Waals surface area contributed by atoms with Crippen LogP contribution in [0.4, 0.5) is 8.78 Å². The highest BCUT2D eigenvalue weighted by molar-refractivity contribution is 4.98. The summed E-state index contributed by atoms with van der Waals surface area (Å²) in [5, 5.41) is 7.28. The van der Waals surface area contributed by atoms with E-state index in [9.17, 15) is 8.78 Å². The van der Waals surface area contributed by atoms with E-state index in [-0.39, 0.29) is 6.54 Å². The summed E-state index contributed by atoms with van der Waals surface area (Å²) in [6, 6.07) is 1.77. The molecule has 0 bridgehead atoms. The number of alkyl halides is 2. The molecule has 0 aromatic carbocycles. The van der Waals surface area contributed by atoms with Gasteiger partial charge in [-0.2, -0.15) is 5.10 Å². The van der Waals surface area contributed by atoms with Crippen molar-refractivity contribution in [2.24, 2.45) is 5.92 Å². The second-order valence-electron chi connectivity index (χ2n) is 4.28. The lowest BCUT2D eigenvalue weighted by atomic mass is 10.1. The van der Waals surface area contributed by atoms with Gasteiger partial charge in [0.15, 0.2) is 0 Å². The summed E-state index contributed by atoms with van der Waals surface area (Å²) in [5.74, 6) is 0.670. The Morgan fingerprint density at radius 2 is 2.19 bits per heavy atom. The maximum absolute atomic E-state index is 12.0. The summed E-state index contributed by atoms with van der Waals surface area (Å²) in [5.41, 5.74) is 0.810. The van der Waals surface area contributed by atoms with E-state index in [1.54, 1.807) is 12.3 Å². The summed E-state index contributed by atoms with van der Waals surface area (Å²) < 4.78 is 25.4. The van der Waals surface area contributed by atoms with Crippen LogP contribution in [-0.4, -0.2) is 22.8 Å². The molecule has 1 aromatic rings. The zero-order valence-electron chi connectivity index (χ0n) is 9.79. The molecule has 1 heterocycles. The standard InChI is InChI=1S/C11H19F2N3/c1-9(2)3-5-14-7-10-4-6-16(15-10)8-11(12)13/h4,6,9,11,14H,3,5,7-8H2,1-2H3. The minimum absolute atomic E-state index is 0.327. The van der Waals surface area contributed by atoms with E-state index in [2.05, 4.69) is 24.3 Å². The zero-order chi connectivity index (χ0) is 12.0. The predicted molar refractivity (Wildman–Crippen MR) is 59.4 cm³/mol. The van der Waals surface area contributed by atoms with Gasteiger partial charge in [-0.25, -0.2) is 8.78 Å². The summed E-state index contributed by atoms with van der Waals surface area (Å²) >= 11 is 0. The molecule has 16 heavy (non-hydrogen) atoms. The molecule has 0 radical (unpaired) electrons. The van der Waals surface area contributed by atoms with Crippen molar-refractivity contribution in [1.29, 1.82) is 0 Å². The number of nitrogens with one attached hydrogen (secondary N) is 1. The van der Waals surface area contributed by atoms with Crippen LogP contribution in [0.5, 0.6) is 0 Å². The van der Waals surface area contributed by atoms with E-state index in [0.29, 0.717) is 12.5 Å². The van der Waals surface area contributed by atoms with Crippen molar-refractivity contribution >= 4 is 0 Å². The normalized spacial score (nSPS) is 11.6. The predicted octanol–water partition coefficient (Wildman–Crippen LogP) is 2.28. The highest BCUT2D eigenvalue weighted by atomic mass is 19.3. The van der Waals surface area contributed by atoms with Gasteiger partial charge in [0.2, 0.25) is 0 Å². The Morgan fingerprint density at radius 3 is 2.81 bits per heavy atom. The number of hydrogen-bond donors (Lipinski definition) is 1. The van der Waals surface area contributed by atoms with Gasteiger partial charge in [0, 0.05) is 12.7 Å². The Kier molecular flexibility index (Phi) is 5.38. The number of aromatic nitrogens is 2. The van der Waals surface area contributed by atoms with E-state index >= 15 is 0 Å². The van der Waals surface area contributed by atoms with Gasteiger partial charge < -0.3 is 5.32 Å². The number of halogens is 2. The van der Waals surface area contributed by atoms with E-state index in [1.807, 2.05) is 0 Å². The van der Waals surface area contributed by atoms with Crippen molar-refractivity contribution in [2.45, 2.75) is 39.8 Å². The van der Waals surface area contributed by atoms with Gasteiger partial charge in [0.05, 0.1) is 5.69 Å². The Balaban J connectivity index is 2.24. The third-order valence-electron chi connectivity index (χ3n) is 2.23. The summed E-state index contributed by atoms with van der Waals surface area (Å²) in [6.45, 7) is 5.58. The molecule has 0 saturated carbocycles. The van der Waals surface area contributed by atoms with Crippen LogP contribution in [0.25, 0.3) is 0 Å². The first-order valence-corrected chi connectivity index (χ1v) is 5.59. The van der Waals surface area contributed by atoms with Crippen molar-refractivity contribution in [3.8, 4) is 0 Å². The molecule has 3 nitrogen and oxygen atoms in total. The van der Waals surface area contributed by atoms with Crippen LogP contribution in [0.1, 0.15) is 26.0 Å². The molecular formula is C11H19F2N3. The van der Waals surface area contributed by atoms with Crippen molar-refractivity contribution in [2.75, 3.05) is 6.54 Å². The van der Waals surface area contributed by atoms with Gasteiger partial charge in [-0.15, -0.1) is 0 Å². The highest BCUT2D eigenvalue weighted by Gasteiger charge is 2.05. The van der Waals surface area contributed by atoms with Crippen LogP contribution in [-0.2, 0) is 13.1 Å². The highest BCUT2D eigenvalue weighted by Crippen LogP contribution is 2.01. The summed E-state index contributed by atoms with van der Waals surface area (Å²) in [4.78, 5) is 0. The first-order chi connectivity index (χ1) is 7.58. The molecular weight excluding hydrogens is 212 g/mol. The number of nitrogens with zero attached hydrogens (tertiary/aromatic N) is 2. The topological polar surface area (TPSA) is 29.9 Å². The van der Waals surface area contributed by atoms with Gasteiger partial charge in [0.25, 0.3) is 6.43 Å². The second-order valence-corrected chi connectivity index (χ2v) is 4.28. The monoisotopic (exact) mass is 231 g/mol. The fraction of sp³-hybridized carbons (Fsp3) is 0.727. The van der Waals surface area contributed by atoms with Gasteiger partial charge in [0.1, 0.15) is 6.54 Å². The van der Waals surface area contributed by atoms with Crippen LogP contribution >= 0.6 is 0 Å². The van der Waals surface area contributed by atoms with Crippen molar-refractivity contribution in [3.63, 3.8) is 0 Å². The average molecular weight is 231 g/mol. The zero-order valence-corrected chi connectivity index (χ0v) is 9.79. The summed E-state index contributed by atoms with van der Waals surface area (Å²) in [6.07, 6.45) is 0.352. The molecule has 0 fully saturated rings. The maximum Gasteiger partial charge on any atom is 0.257 e. The minimum atomic E-state index is -2.35. The lowest BCUT2D eigenvalue weighted by Gasteiger charge is -2.05. The quantitative estimate of drug-likeness (QED) is 0.730. The Bertz CT molecular complexity index is 297. The van der Waals surface area contributed by atoms with E-state index < -0.39 is 6.43 Å². The van der Waals surface area contributed by atoms with Gasteiger partial charge in [-0.3, -0.25) is 4.68 Å². The fourth-order valence-corrected chi connectivity index (χ4v) is 1.35. The second kappa shape index (κ2) is 6.58. The molecule has 1 rings (SSSR count). The van der Waals surface area contributed by atoms with Crippen molar-refractivity contribution < 1.29 is 8.78 Å². The van der Waals surface area contributed by atoms with Crippen LogP contribution in [0.2, 0.25) is 0 Å². The first-order valence-electron chi connectivity index (χ1n) is 5.59. The Hall–Kier alpha value is -0.970. The molecule has 1 aromatic heterocycles. The lowest BCUT2D eigenvalue weighted by Crippen LogP contribution is -2.17. The third-order valence-corrected chi connectivity index (χ3v) is 2.23. The molecule has 5 heteroatoms. The molecule has 1 N–H and O–H groups in total. The molecule has 0 spiro atoms. The number of rotatable bonds is 7. The molecule has 0 aliphatic carbocycles. The third kappa shape index (κ3) is 5.21. The Morgan fingerprint density at radius 1 is 1.44 bits per heavy atom. The molecule has 0 aliphatic heterocycles. The molecule has 0 aliphatic rings. The maximum atomic E-state index is 12.0. The minimum Gasteiger partial charge on any atom is -0.311 e. The molecule has 0 saturated heterocycles. The Labute approximate surface area is 94.8 Å². The molecule has 92 valence electrons. The van der Waals surface area contributed by atoms with Gasteiger partial charge >= 0.3 is 0 Å². The van der Waals surface area contributed by atoms with Crippen LogP contribution < -0.4 is 5.32 Å². The molecule has 0 unspecified atom stereocenters. The largest absolute Gasteiger partial charge is 0.311 e. The lowest BCUT2D eigenvalue weighted by molar-refractivity contribution is 0.121.